The first-order valence-corrected chi connectivity index (χ1v) is 13.6. The van der Waals surface area contributed by atoms with Gasteiger partial charge in [0, 0.05) is 37.2 Å². The average Bonchev–Trinajstić information content (AvgIpc) is 3.39. The number of carbonyl (C=O) groups is 2. The smallest absolute Gasteiger partial charge is 0.257 e. The van der Waals surface area contributed by atoms with Gasteiger partial charge in [0.05, 0.1) is 18.0 Å². The Morgan fingerprint density at radius 1 is 1.16 bits per heavy atom. The molecule has 0 spiro atoms. The molecule has 0 aliphatic rings. The number of aromatic nitrogens is 2. The second-order valence-corrected chi connectivity index (χ2v) is 10.6. The molecule has 0 saturated carbocycles. The number of carbonyl (C=O) groups excluding carboxylic acids is 2. The molecular formula is C25H32N6O5S. The van der Waals surface area contributed by atoms with Crippen molar-refractivity contribution in [2.75, 3.05) is 34.8 Å². The lowest BCUT2D eigenvalue weighted by molar-refractivity contribution is -0.125. The van der Waals surface area contributed by atoms with Crippen LogP contribution in [0.4, 0.5) is 17.3 Å². The summed E-state index contributed by atoms with van der Waals surface area (Å²) in [4.78, 5) is 32.8. The fourth-order valence-corrected chi connectivity index (χ4v) is 4.04. The molecule has 0 unspecified atom stereocenters. The highest BCUT2D eigenvalue weighted by atomic mass is 32.2. The summed E-state index contributed by atoms with van der Waals surface area (Å²) < 4.78 is 25.3. The van der Waals surface area contributed by atoms with Crippen LogP contribution in [0.25, 0.3) is 0 Å². The predicted molar refractivity (Wildman–Crippen MR) is 143 cm³/mol. The molecule has 0 saturated heterocycles. The van der Waals surface area contributed by atoms with Crippen LogP contribution < -0.4 is 20.3 Å². The number of anilines is 3. The van der Waals surface area contributed by atoms with E-state index >= 15 is 0 Å². The largest absolute Gasteiger partial charge is 0.385 e. The Hall–Kier alpha value is -3.90. The number of rotatable bonds is 12. The molecule has 37 heavy (non-hydrogen) atoms. The van der Waals surface area contributed by atoms with Gasteiger partial charge in [-0.25, -0.2) is 13.4 Å². The highest BCUT2D eigenvalue weighted by Crippen LogP contribution is 2.24. The van der Waals surface area contributed by atoms with Crippen molar-refractivity contribution in [2.24, 2.45) is 0 Å². The van der Waals surface area contributed by atoms with E-state index in [0.717, 1.165) is 22.5 Å². The second-order valence-electron chi connectivity index (χ2n) is 8.57. The number of nitrogens with one attached hydrogen (secondary N) is 4. The Morgan fingerprint density at radius 2 is 1.89 bits per heavy atom. The van der Waals surface area contributed by atoms with E-state index < -0.39 is 34.0 Å². The molecule has 0 radical (unpaired) electrons. The lowest BCUT2D eigenvalue weighted by Gasteiger charge is -2.24. The summed E-state index contributed by atoms with van der Waals surface area (Å²) in [5.74, 6) is -1.15. The molecule has 2 amide bonds. The molecule has 1 heterocycles. The van der Waals surface area contributed by atoms with Crippen LogP contribution >= 0.6 is 0 Å². The number of hydrogen-bond acceptors (Lipinski definition) is 7. The number of hydrogen-bond donors (Lipinski definition) is 5. The third-order valence-electron chi connectivity index (χ3n) is 5.62. The van der Waals surface area contributed by atoms with Gasteiger partial charge in [-0.15, -0.1) is 0 Å². The minimum Gasteiger partial charge on any atom is -0.385 e. The minimum absolute atomic E-state index is 0.164. The van der Waals surface area contributed by atoms with Gasteiger partial charge < -0.3 is 20.7 Å². The number of benzene rings is 2. The topological polar surface area (TPSA) is 157 Å². The monoisotopic (exact) mass is 528 g/mol. The van der Waals surface area contributed by atoms with Crippen LogP contribution in [0, 0.1) is 0 Å². The number of sulfonamides is 1. The summed E-state index contributed by atoms with van der Waals surface area (Å²) in [6.07, 6.45) is 3.44. The number of aliphatic hydroxyl groups is 1. The Balaban J connectivity index is 1.90. The van der Waals surface area contributed by atoms with Crippen LogP contribution in [-0.2, 0) is 21.2 Å². The van der Waals surface area contributed by atoms with Gasteiger partial charge in [-0.1, -0.05) is 37.3 Å². The Bertz CT molecular complexity index is 1300. The van der Waals surface area contributed by atoms with E-state index in [2.05, 4.69) is 25.9 Å². The van der Waals surface area contributed by atoms with Gasteiger partial charge in [-0.3, -0.25) is 19.2 Å². The average molecular weight is 529 g/mol. The van der Waals surface area contributed by atoms with Crippen LogP contribution in [0.1, 0.15) is 29.3 Å². The number of aliphatic hydroxyl groups excluding tert-OH is 1. The van der Waals surface area contributed by atoms with Crippen LogP contribution in [0.3, 0.4) is 0 Å². The third-order valence-corrected chi connectivity index (χ3v) is 6.83. The first-order chi connectivity index (χ1) is 17.6. The number of imidazole rings is 1. The molecule has 0 aliphatic heterocycles. The normalized spacial score (nSPS) is 12.9. The molecule has 0 aliphatic carbocycles. The summed E-state index contributed by atoms with van der Waals surface area (Å²) in [7, 11) is -2.18. The lowest BCUT2D eigenvalue weighted by Crippen LogP contribution is -2.50. The fourth-order valence-electron chi connectivity index (χ4n) is 3.56. The quantitative estimate of drug-likeness (QED) is 0.241. The number of amides is 2. The Labute approximate surface area is 216 Å². The number of H-pyrrole nitrogens is 1. The van der Waals surface area contributed by atoms with Gasteiger partial charge in [-0.05, 0) is 36.6 Å². The van der Waals surface area contributed by atoms with E-state index in [0.29, 0.717) is 17.9 Å². The van der Waals surface area contributed by atoms with Gasteiger partial charge in [0.2, 0.25) is 16.0 Å². The van der Waals surface area contributed by atoms with E-state index in [4.69, 9.17) is 0 Å². The number of aromatic amines is 1. The van der Waals surface area contributed by atoms with Gasteiger partial charge in [0.1, 0.15) is 0 Å². The fraction of sp³-hybridized carbons (Fsp3) is 0.320. The van der Waals surface area contributed by atoms with E-state index in [1.165, 1.54) is 25.5 Å². The molecule has 3 rings (SSSR count). The predicted octanol–water partition coefficient (Wildman–Crippen LogP) is 1.97. The zero-order valence-electron chi connectivity index (χ0n) is 20.9. The molecular weight excluding hydrogens is 496 g/mol. The molecule has 3 aromatic rings. The van der Waals surface area contributed by atoms with Crippen LogP contribution in [0.15, 0.2) is 60.9 Å². The zero-order chi connectivity index (χ0) is 27.0. The zero-order valence-corrected chi connectivity index (χ0v) is 21.7. The molecule has 1 aromatic heterocycles. The Morgan fingerprint density at radius 3 is 2.51 bits per heavy atom. The summed E-state index contributed by atoms with van der Waals surface area (Å²) in [5.41, 5.74) is 1.83. The lowest BCUT2D eigenvalue weighted by atomic mass is 10.00. The summed E-state index contributed by atoms with van der Waals surface area (Å²) in [5, 5.41) is 19.3. The molecule has 11 nitrogen and oxygen atoms in total. The van der Waals surface area contributed by atoms with Crippen LogP contribution in [0.2, 0.25) is 0 Å². The van der Waals surface area contributed by atoms with Gasteiger partial charge in [0.25, 0.3) is 11.8 Å². The van der Waals surface area contributed by atoms with Gasteiger partial charge in [-0.2, -0.15) is 0 Å². The highest BCUT2D eigenvalue weighted by Gasteiger charge is 2.29. The maximum absolute atomic E-state index is 13.4. The molecule has 0 fully saturated rings. The molecule has 12 heteroatoms. The molecule has 0 bridgehead atoms. The van der Waals surface area contributed by atoms with Crippen molar-refractivity contribution in [1.29, 1.82) is 0 Å². The van der Waals surface area contributed by atoms with Crippen molar-refractivity contribution in [3.05, 3.63) is 72.1 Å². The van der Waals surface area contributed by atoms with Crippen LogP contribution in [-0.4, -0.2) is 67.3 Å². The van der Waals surface area contributed by atoms with E-state index in [9.17, 15) is 23.1 Å². The summed E-state index contributed by atoms with van der Waals surface area (Å²) >= 11 is 0. The van der Waals surface area contributed by atoms with E-state index in [1.807, 2.05) is 37.3 Å². The van der Waals surface area contributed by atoms with Gasteiger partial charge in [0.15, 0.2) is 6.10 Å². The molecule has 5 N–H and O–H groups in total. The van der Waals surface area contributed by atoms with Crippen molar-refractivity contribution >= 4 is 39.2 Å². The van der Waals surface area contributed by atoms with Crippen LogP contribution in [0.5, 0.6) is 0 Å². The molecule has 198 valence electrons. The minimum atomic E-state index is -3.58. The first kappa shape index (κ1) is 27.7. The standard InChI is InChI=1S/C25H32N6O5S/c1-4-10-26-19-14-18(15-20(16-19)31(2)37(3,35)36)23(33)29-21(13-17-8-6-5-7-9-17)22(32)24(34)30-25-27-11-12-28-25/h5-9,11-12,14-16,21-22,26,32H,4,10,13H2,1-3H3,(H,29,33)(H2,27,28,30,34)/t21-,22+/m0/s1. The molecule has 2 atom stereocenters. The SMILES string of the molecule is CCCNc1cc(C(=O)N[C@@H](Cc2ccccc2)[C@@H](O)C(=O)Nc2ncc[nH]2)cc(N(C)S(C)(=O)=O)c1. The maximum atomic E-state index is 13.4. The van der Waals surface area contributed by atoms with E-state index in [-0.39, 0.29) is 17.9 Å². The highest BCUT2D eigenvalue weighted by molar-refractivity contribution is 7.92. The van der Waals surface area contributed by atoms with Crippen molar-refractivity contribution in [3.8, 4) is 0 Å². The maximum Gasteiger partial charge on any atom is 0.257 e. The number of nitrogens with zero attached hydrogens (tertiary/aromatic N) is 2. The van der Waals surface area contributed by atoms with Crippen molar-refractivity contribution in [3.63, 3.8) is 0 Å². The third kappa shape index (κ3) is 7.79. The first-order valence-electron chi connectivity index (χ1n) is 11.7. The van der Waals surface area contributed by atoms with Crippen molar-refractivity contribution in [2.45, 2.75) is 31.9 Å². The van der Waals surface area contributed by atoms with E-state index in [1.54, 1.807) is 12.1 Å². The summed E-state index contributed by atoms with van der Waals surface area (Å²) in [6, 6.07) is 12.8. The Kier molecular flexibility index (Phi) is 9.25. The van der Waals surface area contributed by atoms with Crippen molar-refractivity contribution in [1.82, 2.24) is 15.3 Å². The summed E-state index contributed by atoms with van der Waals surface area (Å²) in [6.45, 7) is 2.60. The second kappa shape index (κ2) is 12.4. The molecule has 2 aromatic carbocycles. The van der Waals surface area contributed by atoms with Crippen molar-refractivity contribution < 1.29 is 23.1 Å². The van der Waals surface area contributed by atoms with Gasteiger partial charge >= 0.3 is 0 Å².